The summed E-state index contributed by atoms with van der Waals surface area (Å²) in [5.41, 5.74) is 0.417. The zero-order chi connectivity index (χ0) is 20.3. The van der Waals surface area contributed by atoms with Gasteiger partial charge in [-0.1, -0.05) is 11.6 Å². The summed E-state index contributed by atoms with van der Waals surface area (Å²) in [5, 5.41) is 2.65. The third-order valence-corrected chi connectivity index (χ3v) is 7.66. The largest absolute Gasteiger partial charge is 0.326 e. The molecule has 1 aliphatic heterocycles. The Hall–Kier alpha value is -1.61. The number of nitrogens with one attached hydrogen (secondary N) is 1. The van der Waals surface area contributed by atoms with Crippen LogP contribution < -0.4 is 5.32 Å². The van der Waals surface area contributed by atoms with E-state index in [2.05, 4.69) is 5.32 Å². The molecule has 0 aliphatic carbocycles. The molecule has 0 aromatic heterocycles. The first-order valence-corrected chi connectivity index (χ1v) is 11.8. The summed E-state index contributed by atoms with van der Waals surface area (Å²) in [4.78, 5) is 13.7. The number of halogens is 2. The van der Waals surface area contributed by atoms with Crippen molar-refractivity contribution in [1.29, 1.82) is 0 Å². The van der Waals surface area contributed by atoms with Crippen LogP contribution in [0.3, 0.4) is 0 Å². The van der Waals surface area contributed by atoms with Gasteiger partial charge in [-0.2, -0.15) is 4.31 Å². The van der Waals surface area contributed by atoms with Crippen LogP contribution in [0.25, 0.3) is 0 Å². The lowest BCUT2D eigenvalue weighted by molar-refractivity contribution is -0.120. The maximum absolute atomic E-state index is 13.2. The number of thioether (sulfide) groups is 1. The molecule has 9 heteroatoms. The van der Waals surface area contributed by atoms with Gasteiger partial charge in [-0.15, -0.1) is 11.8 Å². The highest BCUT2D eigenvalue weighted by Crippen LogP contribution is 2.27. The van der Waals surface area contributed by atoms with Crippen LogP contribution in [-0.2, 0) is 14.8 Å². The number of nitrogens with zero attached hydrogens (tertiary/aromatic N) is 1. The van der Waals surface area contributed by atoms with E-state index in [0.29, 0.717) is 18.5 Å². The van der Waals surface area contributed by atoms with Gasteiger partial charge in [0, 0.05) is 29.6 Å². The highest BCUT2D eigenvalue weighted by atomic mass is 35.5. The van der Waals surface area contributed by atoms with Crippen molar-refractivity contribution in [3.8, 4) is 0 Å². The second-order valence-electron chi connectivity index (χ2n) is 6.47. The number of amides is 1. The van der Waals surface area contributed by atoms with Crippen LogP contribution in [0, 0.1) is 11.7 Å². The Labute approximate surface area is 173 Å². The molecule has 0 radical (unpaired) electrons. The summed E-state index contributed by atoms with van der Waals surface area (Å²) < 4.78 is 40.2. The number of sulfonamides is 1. The number of hydrogen-bond donors (Lipinski definition) is 1. The van der Waals surface area contributed by atoms with Crippen LogP contribution >= 0.6 is 23.4 Å². The molecule has 150 valence electrons. The number of benzene rings is 2. The maximum atomic E-state index is 13.2. The van der Waals surface area contributed by atoms with Gasteiger partial charge in [-0.05, 0) is 61.6 Å². The van der Waals surface area contributed by atoms with Gasteiger partial charge in [-0.25, -0.2) is 12.8 Å². The molecule has 1 amide bonds. The smallest absolute Gasteiger partial charge is 0.243 e. The lowest BCUT2D eigenvalue weighted by Gasteiger charge is -2.30. The number of hydrogen-bond acceptors (Lipinski definition) is 4. The first-order valence-electron chi connectivity index (χ1n) is 8.71. The number of carbonyl (C=O) groups excluding carboxylic acids is 1. The molecule has 1 saturated heterocycles. The van der Waals surface area contributed by atoms with Crippen molar-refractivity contribution in [2.75, 3.05) is 24.7 Å². The Morgan fingerprint density at radius 2 is 1.82 bits per heavy atom. The van der Waals surface area contributed by atoms with Crippen LogP contribution in [0.1, 0.15) is 12.8 Å². The fraction of sp³-hybridized carbons (Fsp3) is 0.316. The quantitative estimate of drug-likeness (QED) is 0.703. The number of rotatable bonds is 5. The highest BCUT2D eigenvalue weighted by molar-refractivity contribution is 7.98. The molecule has 0 saturated carbocycles. The Bertz CT molecular complexity index is 960. The summed E-state index contributed by atoms with van der Waals surface area (Å²) in [6.45, 7) is 0.545. The van der Waals surface area contributed by atoms with Crippen LogP contribution in [0.15, 0.2) is 52.3 Å². The summed E-state index contributed by atoms with van der Waals surface area (Å²) >= 11 is 7.28. The van der Waals surface area contributed by atoms with E-state index < -0.39 is 15.8 Å². The van der Waals surface area contributed by atoms with Crippen molar-refractivity contribution in [2.24, 2.45) is 5.92 Å². The van der Waals surface area contributed by atoms with Crippen molar-refractivity contribution in [2.45, 2.75) is 22.6 Å². The molecule has 1 heterocycles. The van der Waals surface area contributed by atoms with Crippen molar-refractivity contribution < 1.29 is 17.6 Å². The van der Waals surface area contributed by atoms with Crippen molar-refractivity contribution in [1.82, 2.24) is 4.31 Å². The molecule has 1 N–H and O–H groups in total. The third-order valence-electron chi connectivity index (χ3n) is 4.71. The van der Waals surface area contributed by atoms with Crippen LogP contribution in [-0.4, -0.2) is 38.0 Å². The van der Waals surface area contributed by atoms with Gasteiger partial charge in [0.25, 0.3) is 0 Å². The summed E-state index contributed by atoms with van der Waals surface area (Å²) in [5.74, 6) is -1.08. The molecule has 3 rings (SSSR count). The fourth-order valence-electron chi connectivity index (χ4n) is 3.07. The van der Waals surface area contributed by atoms with Gasteiger partial charge in [0.15, 0.2) is 0 Å². The van der Waals surface area contributed by atoms with E-state index in [4.69, 9.17) is 11.6 Å². The summed E-state index contributed by atoms with van der Waals surface area (Å²) in [6.07, 6.45) is 2.77. The molecule has 5 nitrogen and oxygen atoms in total. The molecule has 1 fully saturated rings. The second-order valence-corrected chi connectivity index (χ2v) is 9.70. The van der Waals surface area contributed by atoms with E-state index in [1.165, 1.54) is 22.5 Å². The third kappa shape index (κ3) is 4.68. The van der Waals surface area contributed by atoms with Gasteiger partial charge in [-0.3, -0.25) is 4.79 Å². The van der Waals surface area contributed by atoms with Gasteiger partial charge in [0.1, 0.15) is 5.82 Å². The standard InChI is InChI=1S/C19H20ClFN2O3S2/c1-27-15-3-5-16(6-4-15)28(25,26)23-10-8-13(9-11-23)19(24)22-14-2-7-18(21)17(20)12-14/h2-7,12-13H,8-11H2,1H3,(H,22,24). The molecule has 1 aliphatic rings. The van der Waals surface area contributed by atoms with Gasteiger partial charge >= 0.3 is 0 Å². The Kier molecular flexibility index (Phi) is 6.65. The molecule has 0 unspecified atom stereocenters. The van der Waals surface area contributed by atoms with Crippen molar-refractivity contribution in [3.63, 3.8) is 0 Å². The Morgan fingerprint density at radius 3 is 2.39 bits per heavy atom. The zero-order valence-electron chi connectivity index (χ0n) is 15.2. The predicted octanol–water partition coefficient (Wildman–Crippen LogP) is 4.24. The SMILES string of the molecule is CSc1ccc(S(=O)(=O)N2CCC(C(=O)Nc3ccc(F)c(Cl)c3)CC2)cc1. The minimum atomic E-state index is -3.57. The molecule has 0 spiro atoms. The van der Waals surface area contributed by atoms with E-state index in [-0.39, 0.29) is 34.8 Å². The molecule has 0 atom stereocenters. The van der Waals surface area contributed by atoms with Crippen molar-refractivity contribution in [3.05, 3.63) is 53.3 Å². The van der Waals surface area contributed by atoms with Gasteiger partial charge < -0.3 is 5.32 Å². The van der Waals surface area contributed by atoms with E-state index >= 15 is 0 Å². The minimum Gasteiger partial charge on any atom is -0.326 e. The average molecular weight is 443 g/mol. The molecule has 2 aromatic carbocycles. The molecule has 2 aromatic rings. The minimum absolute atomic E-state index is 0.0637. The number of piperidine rings is 1. The molecule has 28 heavy (non-hydrogen) atoms. The first kappa shape index (κ1) is 21.1. The second kappa shape index (κ2) is 8.82. The van der Waals surface area contributed by atoms with Crippen LogP contribution in [0.4, 0.5) is 10.1 Å². The lowest BCUT2D eigenvalue weighted by atomic mass is 9.97. The van der Waals surface area contributed by atoms with Crippen molar-refractivity contribution >= 4 is 45.0 Å². The Balaban J connectivity index is 1.61. The monoisotopic (exact) mass is 442 g/mol. The van der Waals surface area contributed by atoms with E-state index in [0.717, 1.165) is 4.90 Å². The molecular formula is C19H20ClFN2O3S2. The normalized spacial score (nSPS) is 16.1. The number of anilines is 1. The zero-order valence-corrected chi connectivity index (χ0v) is 17.6. The van der Waals surface area contributed by atoms with Crippen LogP contribution in [0.5, 0.6) is 0 Å². The van der Waals surface area contributed by atoms with Gasteiger partial charge in [0.05, 0.1) is 9.92 Å². The van der Waals surface area contributed by atoms with E-state index in [1.807, 2.05) is 6.26 Å². The summed E-state index contributed by atoms with van der Waals surface area (Å²) in [7, 11) is -3.57. The van der Waals surface area contributed by atoms with E-state index in [9.17, 15) is 17.6 Å². The number of carbonyl (C=O) groups is 1. The Morgan fingerprint density at radius 1 is 1.18 bits per heavy atom. The lowest BCUT2D eigenvalue weighted by Crippen LogP contribution is -2.41. The van der Waals surface area contributed by atoms with Crippen LogP contribution in [0.2, 0.25) is 5.02 Å². The average Bonchev–Trinajstić information content (AvgIpc) is 2.71. The topological polar surface area (TPSA) is 66.5 Å². The highest BCUT2D eigenvalue weighted by Gasteiger charge is 2.32. The van der Waals surface area contributed by atoms with E-state index in [1.54, 1.807) is 36.0 Å². The maximum Gasteiger partial charge on any atom is 0.243 e. The molecule has 0 bridgehead atoms. The predicted molar refractivity (Wildman–Crippen MR) is 110 cm³/mol. The summed E-state index contributed by atoms with van der Waals surface area (Å²) in [6, 6.07) is 10.8. The first-order chi connectivity index (χ1) is 13.3. The fourth-order valence-corrected chi connectivity index (χ4v) is 5.13. The molecular weight excluding hydrogens is 423 g/mol. The van der Waals surface area contributed by atoms with Gasteiger partial charge in [0.2, 0.25) is 15.9 Å².